The topological polar surface area (TPSA) is 72.5 Å². The number of hydrogen-bond acceptors (Lipinski definition) is 4. The molecule has 0 atom stereocenters. The van der Waals surface area contributed by atoms with Crippen molar-refractivity contribution < 1.29 is 4.74 Å². The first-order chi connectivity index (χ1) is 9.43. The minimum Gasteiger partial charge on any atom is -0.382 e. The van der Waals surface area contributed by atoms with Crippen molar-refractivity contribution in [1.82, 2.24) is 10.3 Å². The van der Waals surface area contributed by atoms with E-state index in [1.807, 2.05) is 6.92 Å². The molecule has 0 aliphatic heterocycles. The molecular formula is C14H27IN4OS. The van der Waals surface area contributed by atoms with Gasteiger partial charge in [0.25, 0.3) is 0 Å². The Bertz CT molecular complexity index is 429. The standard InChI is InChI=1S/C14H26N4OS.HI/c1-5-19-8-6-7-16-13(15)17-9-12-18-11(10-20-12)14(2,3)4;/h10H,5-9H2,1-4H3,(H3,15,16,17);1H. The maximum absolute atomic E-state index is 5.80. The molecule has 0 unspecified atom stereocenters. The lowest BCUT2D eigenvalue weighted by atomic mass is 9.93. The van der Waals surface area contributed by atoms with Crippen LogP contribution in [0.1, 0.15) is 44.8 Å². The van der Waals surface area contributed by atoms with Gasteiger partial charge in [-0.2, -0.15) is 0 Å². The molecule has 0 amide bonds. The number of guanidine groups is 1. The van der Waals surface area contributed by atoms with E-state index in [0.717, 1.165) is 36.9 Å². The van der Waals surface area contributed by atoms with Crippen LogP contribution in [0.2, 0.25) is 0 Å². The first-order valence-corrected chi connectivity index (χ1v) is 7.88. The minimum absolute atomic E-state index is 0. The molecule has 1 aromatic heterocycles. The van der Waals surface area contributed by atoms with E-state index in [-0.39, 0.29) is 29.4 Å². The van der Waals surface area contributed by atoms with Gasteiger partial charge in [0, 0.05) is 30.6 Å². The van der Waals surface area contributed by atoms with E-state index in [4.69, 9.17) is 10.5 Å². The molecule has 1 rings (SSSR count). The highest BCUT2D eigenvalue weighted by Gasteiger charge is 2.17. The number of hydrogen-bond donors (Lipinski definition) is 2. The van der Waals surface area contributed by atoms with Crippen molar-refractivity contribution in [2.24, 2.45) is 10.7 Å². The van der Waals surface area contributed by atoms with Crippen LogP contribution in [0.25, 0.3) is 0 Å². The average Bonchev–Trinajstić information content (AvgIpc) is 2.85. The predicted molar refractivity (Wildman–Crippen MR) is 101 cm³/mol. The molecule has 0 aliphatic carbocycles. The Hall–Kier alpha value is -0.410. The molecule has 0 saturated heterocycles. The van der Waals surface area contributed by atoms with Gasteiger partial charge in [0.15, 0.2) is 5.96 Å². The number of aromatic nitrogens is 1. The fourth-order valence-corrected chi connectivity index (χ4v) is 2.42. The lowest BCUT2D eigenvalue weighted by Gasteiger charge is -2.14. The van der Waals surface area contributed by atoms with Crippen molar-refractivity contribution in [3.8, 4) is 0 Å². The van der Waals surface area contributed by atoms with Gasteiger partial charge < -0.3 is 15.8 Å². The van der Waals surface area contributed by atoms with Crippen LogP contribution >= 0.6 is 35.3 Å². The molecule has 0 spiro atoms. The molecule has 0 aromatic carbocycles. The Morgan fingerprint density at radius 1 is 1.48 bits per heavy atom. The third-order valence-electron chi connectivity index (χ3n) is 2.68. The second kappa shape index (κ2) is 10.3. The second-order valence-electron chi connectivity index (χ2n) is 5.56. The summed E-state index contributed by atoms with van der Waals surface area (Å²) in [6.45, 7) is 11.3. The van der Waals surface area contributed by atoms with Gasteiger partial charge in [0.05, 0.1) is 12.2 Å². The molecule has 0 aliphatic rings. The fraction of sp³-hybridized carbons (Fsp3) is 0.714. The molecule has 0 fully saturated rings. The average molecular weight is 426 g/mol. The van der Waals surface area contributed by atoms with Crippen LogP contribution in [0.5, 0.6) is 0 Å². The highest BCUT2D eigenvalue weighted by molar-refractivity contribution is 14.0. The number of nitrogens with two attached hydrogens (primary N) is 1. The van der Waals surface area contributed by atoms with Crippen molar-refractivity contribution in [2.45, 2.75) is 46.1 Å². The summed E-state index contributed by atoms with van der Waals surface area (Å²) in [5.41, 5.74) is 7.00. The number of aliphatic imine (C=N–C) groups is 1. The van der Waals surface area contributed by atoms with Crippen molar-refractivity contribution in [2.75, 3.05) is 19.8 Å². The molecule has 21 heavy (non-hydrogen) atoms. The normalized spacial score (nSPS) is 12.1. The van der Waals surface area contributed by atoms with Crippen LogP contribution in [0, 0.1) is 0 Å². The lowest BCUT2D eigenvalue weighted by molar-refractivity contribution is 0.145. The van der Waals surface area contributed by atoms with E-state index in [2.05, 4.69) is 41.4 Å². The Labute approximate surface area is 148 Å². The van der Waals surface area contributed by atoms with Crippen LogP contribution in [-0.4, -0.2) is 30.7 Å². The largest absolute Gasteiger partial charge is 0.382 e. The van der Waals surface area contributed by atoms with E-state index < -0.39 is 0 Å². The van der Waals surface area contributed by atoms with E-state index in [1.54, 1.807) is 11.3 Å². The van der Waals surface area contributed by atoms with Gasteiger partial charge in [-0.25, -0.2) is 9.98 Å². The smallest absolute Gasteiger partial charge is 0.189 e. The molecule has 5 nitrogen and oxygen atoms in total. The first-order valence-electron chi connectivity index (χ1n) is 7.00. The summed E-state index contributed by atoms with van der Waals surface area (Å²) in [4.78, 5) is 8.88. The maximum atomic E-state index is 5.80. The Morgan fingerprint density at radius 3 is 2.76 bits per heavy atom. The van der Waals surface area contributed by atoms with Gasteiger partial charge >= 0.3 is 0 Å². The third-order valence-corrected chi connectivity index (χ3v) is 3.51. The molecule has 1 aromatic rings. The van der Waals surface area contributed by atoms with E-state index in [1.165, 1.54) is 0 Å². The summed E-state index contributed by atoms with van der Waals surface area (Å²) < 4.78 is 5.25. The number of nitrogens with one attached hydrogen (secondary N) is 1. The van der Waals surface area contributed by atoms with E-state index in [0.29, 0.717) is 12.5 Å². The number of halogens is 1. The molecule has 7 heteroatoms. The Kier molecular flexibility index (Phi) is 10.1. The molecule has 122 valence electrons. The van der Waals surface area contributed by atoms with E-state index >= 15 is 0 Å². The summed E-state index contributed by atoms with van der Waals surface area (Å²) in [5, 5.41) is 6.16. The van der Waals surface area contributed by atoms with Gasteiger partial charge in [-0.15, -0.1) is 35.3 Å². The number of rotatable bonds is 7. The van der Waals surface area contributed by atoms with Crippen LogP contribution in [-0.2, 0) is 16.7 Å². The monoisotopic (exact) mass is 426 g/mol. The zero-order valence-corrected chi connectivity index (χ0v) is 16.5. The third kappa shape index (κ3) is 8.57. The highest BCUT2D eigenvalue weighted by Crippen LogP contribution is 2.24. The van der Waals surface area contributed by atoms with E-state index in [9.17, 15) is 0 Å². The molecule has 0 radical (unpaired) electrons. The molecule has 3 N–H and O–H groups in total. The minimum atomic E-state index is 0. The summed E-state index contributed by atoms with van der Waals surface area (Å²) in [6, 6.07) is 0. The summed E-state index contributed by atoms with van der Waals surface area (Å²) >= 11 is 1.63. The SMILES string of the molecule is CCOCCCNC(N)=NCc1nc(C(C)(C)C)cs1.I. The summed E-state index contributed by atoms with van der Waals surface area (Å²) in [6.07, 6.45) is 0.926. The molecular weight excluding hydrogens is 399 g/mol. The van der Waals surface area contributed by atoms with Gasteiger partial charge in [0.2, 0.25) is 0 Å². The summed E-state index contributed by atoms with van der Waals surface area (Å²) in [7, 11) is 0. The molecule has 0 saturated carbocycles. The predicted octanol–water partition coefficient (Wildman–Crippen LogP) is 2.89. The van der Waals surface area contributed by atoms with Crippen LogP contribution < -0.4 is 11.1 Å². The van der Waals surface area contributed by atoms with Gasteiger partial charge in [-0.3, -0.25) is 0 Å². The quantitative estimate of drug-likeness (QED) is 0.305. The van der Waals surface area contributed by atoms with Crippen LogP contribution in [0.4, 0.5) is 0 Å². The number of thiazole rings is 1. The van der Waals surface area contributed by atoms with Crippen molar-refractivity contribution in [3.05, 3.63) is 16.1 Å². The zero-order chi connectivity index (χ0) is 15.0. The van der Waals surface area contributed by atoms with Crippen molar-refractivity contribution in [1.29, 1.82) is 0 Å². The Balaban J connectivity index is 0.00000400. The maximum Gasteiger partial charge on any atom is 0.189 e. The van der Waals surface area contributed by atoms with Gasteiger partial charge in [-0.05, 0) is 13.3 Å². The van der Waals surface area contributed by atoms with Crippen LogP contribution in [0.3, 0.4) is 0 Å². The van der Waals surface area contributed by atoms with Crippen LogP contribution in [0.15, 0.2) is 10.4 Å². The highest BCUT2D eigenvalue weighted by atomic mass is 127. The van der Waals surface area contributed by atoms with Gasteiger partial charge in [0.1, 0.15) is 5.01 Å². The number of ether oxygens (including phenoxy) is 1. The first kappa shape index (κ1) is 20.6. The fourth-order valence-electron chi connectivity index (χ4n) is 1.47. The zero-order valence-electron chi connectivity index (χ0n) is 13.3. The number of nitrogens with zero attached hydrogens (tertiary/aromatic N) is 2. The molecule has 1 heterocycles. The van der Waals surface area contributed by atoms with Crippen molar-refractivity contribution in [3.63, 3.8) is 0 Å². The molecule has 0 bridgehead atoms. The van der Waals surface area contributed by atoms with Crippen molar-refractivity contribution >= 4 is 41.3 Å². The second-order valence-corrected chi connectivity index (χ2v) is 6.50. The lowest BCUT2D eigenvalue weighted by Crippen LogP contribution is -2.32. The Morgan fingerprint density at radius 2 is 2.19 bits per heavy atom. The van der Waals surface area contributed by atoms with Gasteiger partial charge in [-0.1, -0.05) is 20.8 Å². The summed E-state index contributed by atoms with van der Waals surface area (Å²) in [5.74, 6) is 0.467.